The zero-order valence-electron chi connectivity index (χ0n) is 13.0. The van der Waals surface area contributed by atoms with Gasteiger partial charge in [-0.2, -0.15) is 5.26 Å². The summed E-state index contributed by atoms with van der Waals surface area (Å²) in [6.07, 6.45) is 2.75. The highest BCUT2D eigenvalue weighted by Gasteiger charge is 2.35. The molecule has 6 heteroatoms. The summed E-state index contributed by atoms with van der Waals surface area (Å²) in [6, 6.07) is 4.12. The number of furan rings is 1. The fourth-order valence-electron chi connectivity index (χ4n) is 3.19. The van der Waals surface area contributed by atoms with Crippen LogP contribution in [-0.4, -0.2) is 36.1 Å². The van der Waals surface area contributed by atoms with Gasteiger partial charge in [0.15, 0.2) is 5.58 Å². The summed E-state index contributed by atoms with van der Waals surface area (Å²) in [5.74, 6) is 1.11. The second-order valence-corrected chi connectivity index (χ2v) is 7.43. The first-order valence-electron chi connectivity index (χ1n) is 7.34. The Balaban J connectivity index is 1.91. The van der Waals surface area contributed by atoms with Gasteiger partial charge in [-0.3, -0.25) is 0 Å². The number of hydrogen-bond donors (Lipinski definition) is 1. The lowest BCUT2D eigenvalue weighted by atomic mass is 9.79. The fourth-order valence-corrected chi connectivity index (χ4v) is 3.72. The third-order valence-corrected chi connectivity index (χ3v) is 5.16. The summed E-state index contributed by atoms with van der Waals surface area (Å²) < 4.78 is 6.26. The van der Waals surface area contributed by atoms with Gasteiger partial charge in [0.1, 0.15) is 11.9 Å². The fraction of sp³-hybridized carbons (Fsp3) is 0.500. The zero-order chi connectivity index (χ0) is 15.9. The number of fused-ring (bicyclic) bond motifs is 1. The van der Waals surface area contributed by atoms with Crippen molar-refractivity contribution < 1.29 is 4.42 Å². The van der Waals surface area contributed by atoms with E-state index in [2.05, 4.69) is 52.0 Å². The molecule has 2 aromatic rings. The van der Waals surface area contributed by atoms with Crippen LogP contribution < -0.4 is 5.32 Å². The second kappa shape index (κ2) is 5.56. The minimum absolute atomic E-state index is 0.164. The van der Waals surface area contributed by atoms with Crippen LogP contribution in [0.4, 0.5) is 5.82 Å². The summed E-state index contributed by atoms with van der Waals surface area (Å²) in [5, 5.41) is 13.4. The highest BCUT2D eigenvalue weighted by atomic mass is 79.9. The van der Waals surface area contributed by atoms with Crippen molar-refractivity contribution in [3.05, 3.63) is 22.5 Å². The zero-order valence-corrected chi connectivity index (χ0v) is 14.6. The Morgan fingerprint density at radius 2 is 2.32 bits per heavy atom. The van der Waals surface area contributed by atoms with Crippen molar-refractivity contribution in [3.63, 3.8) is 0 Å². The first-order valence-corrected chi connectivity index (χ1v) is 8.13. The molecule has 1 aliphatic heterocycles. The van der Waals surface area contributed by atoms with Gasteiger partial charge in [-0.25, -0.2) is 4.98 Å². The van der Waals surface area contributed by atoms with Gasteiger partial charge in [0.05, 0.1) is 10.7 Å². The molecule has 0 bridgehead atoms. The lowest BCUT2D eigenvalue weighted by Crippen LogP contribution is -2.50. The number of halogens is 1. The van der Waals surface area contributed by atoms with E-state index in [0.29, 0.717) is 17.4 Å². The van der Waals surface area contributed by atoms with E-state index in [-0.39, 0.29) is 5.41 Å². The summed E-state index contributed by atoms with van der Waals surface area (Å²) in [4.78, 5) is 6.82. The highest BCUT2D eigenvalue weighted by molar-refractivity contribution is 9.10. The van der Waals surface area contributed by atoms with E-state index in [1.54, 1.807) is 12.3 Å². The maximum Gasteiger partial charge on any atom is 0.204 e. The monoisotopic (exact) mass is 362 g/mol. The summed E-state index contributed by atoms with van der Waals surface area (Å²) in [5.41, 5.74) is 0.786. The molecule has 1 aliphatic rings. The van der Waals surface area contributed by atoms with Gasteiger partial charge in [-0.15, -0.1) is 0 Å². The maximum atomic E-state index is 8.95. The number of nitrogens with one attached hydrogen (secondary N) is 1. The minimum atomic E-state index is 0.164. The lowest BCUT2D eigenvalue weighted by Gasteiger charge is -2.43. The van der Waals surface area contributed by atoms with Crippen molar-refractivity contribution in [2.75, 3.05) is 25.5 Å². The van der Waals surface area contributed by atoms with Crippen molar-refractivity contribution in [2.24, 2.45) is 5.41 Å². The average molecular weight is 363 g/mol. The SMILES string of the molecule is CN1CCC(Nc2ncc3oc(C#N)cc3c2Br)C(C)(C)C1. The summed E-state index contributed by atoms with van der Waals surface area (Å²) >= 11 is 3.60. The molecule has 3 heterocycles. The average Bonchev–Trinajstić information content (AvgIpc) is 2.88. The van der Waals surface area contributed by atoms with E-state index in [1.807, 2.05) is 6.07 Å². The second-order valence-electron chi connectivity index (χ2n) is 6.63. The first-order chi connectivity index (χ1) is 10.4. The molecule has 116 valence electrons. The Kier molecular flexibility index (Phi) is 3.87. The number of rotatable bonds is 2. The Bertz CT molecular complexity index is 746. The molecule has 2 aromatic heterocycles. The summed E-state index contributed by atoms with van der Waals surface area (Å²) in [6.45, 7) is 6.68. The Hall–Kier alpha value is -1.58. The molecule has 3 rings (SSSR count). The molecule has 1 N–H and O–H groups in total. The number of nitrogens with zero attached hydrogens (tertiary/aromatic N) is 3. The van der Waals surface area contributed by atoms with Crippen molar-refractivity contribution >= 4 is 32.7 Å². The van der Waals surface area contributed by atoms with Crippen molar-refractivity contribution in [3.8, 4) is 6.07 Å². The minimum Gasteiger partial charge on any atom is -0.444 e. The van der Waals surface area contributed by atoms with E-state index < -0.39 is 0 Å². The van der Waals surface area contributed by atoms with Crippen LogP contribution in [0, 0.1) is 16.7 Å². The number of pyridine rings is 1. The van der Waals surface area contributed by atoms with Crippen LogP contribution >= 0.6 is 15.9 Å². The van der Waals surface area contributed by atoms with E-state index >= 15 is 0 Å². The van der Waals surface area contributed by atoms with Crippen LogP contribution in [0.1, 0.15) is 26.0 Å². The third kappa shape index (κ3) is 2.71. The quantitative estimate of drug-likeness (QED) is 0.883. The Morgan fingerprint density at radius 3 is 3.00 bits per heavy atom. The van der Waals surface area contributed by atoms with Gasteiger partial charge in [-0.1, -0.05) is 13.8 Å². The molecule has 0 aliphatic carbocycles. The van der Waals surface area contributed by atoms with Gasteiger partial charge in [0.2, 0.25) is 5.76 Å². The molecule has 1 atom stereocenters. The van der Waals surface area contributed by atoms with Gasteiger partial charge in [0.25, 0.3) is 0 Å². The number of nitriles is 1. The number of anilines is 1. The standard InChI is InChI=1S/C16H19BrN4O/c1-16(2)9-21(3)5-4-13(16)20-15-14(17)11-6-10(7-18)22-12(11)8-19-15/h6,8,13H,4-5,9H2,1-3H3,(H,19,20). The number of likely N-dealkylation sites (tertiary alicyclic amines) is 1. The van der Waals surface area contributed by atoms with E-state index in [0.717, 1.165) is 35.2 Å². The van der Waals surface area contributed by atoms with Gasteiger partial charge >= 0.3 is 0 Å². The molecule has 0 radical (unpaired) electrons. The maximum absolute atomic E-state index is 8.95. The highest BCUT2D eigenvalue weighted by Crippen LogP contribution is 2.35. The van der Waals surface area contributed by atoms with Crippen LogP contribution in [-0.2, 0) is 0 Å². The lowest BCUT2D eigenvalue weighted by molar-refractivity contribution is 0.126. The van der Waals surface area contributed by atoms with Crippen LogP contribution in [0.25, 0.3) is 11.0 Å². The van der Waals surface area contributed by atoms with Crippen LogP contribution in [0.15, 0.2) is 21.2 Å². The third-order valence-electron chi connectivity index (χ3n) is 4.36. The molecular weight excluding hydrogens is 344 g/mol. The molecule has 5 nitrogen and oxygen atoms in total. The van der Waals surface area contributed by atoms with Gasteiger partial charge in [0, 0.05) is 24.0 Å². The van der Waals surface area contributed by atoms with Crippen molar-refractivity contribution in [2.45, 2.75) is 26.3 Å². The summed E-state index contributed by atoms with van der Waals surface area (Å²) in [7, 11) is 2.16. The number of piperidine rings is 1. The van der Waals surface area contributed by atoms with Gasteiger partial charge in [-0.05, 0) is 41.4 Å². The molecular formula is C16H19BrN4O. The van der Waals surface area contributed by atoms with E-state index in [1.165, 1.54) is 0 Å². The molecule has 0 spiro atoms. The molecule has 22 heavy (non-hydrogen) atoms. The van der Waals surface area contributed by atoms with E-state index in [9.17, 15) is 0 Å². The Labute approximate surface area is 138 Å². The predicted molar refractivity (Wildman–Crippen MR) is 89.7 cm³/mol. The normalized spacial score (nSPS) is 21.7. The van der Waals surface area contributed by atoms with Crippen molar-refractivity contribution in [1.82, 2.24) is 9.88 Å². The Morgan fingerprint density at radius 1 is 1.55 bits per heavy atom. The molecule has 0 aromatic carbocycles. The smallest absolute Gasteiger partial charge is 0.204 e. The topological polar surface area (TPSA) is 65.1 Å². The van der Waals surface area contributed by atoms with Crippen LogP contribution in [0.3, 0.4) is 0 Å². The molecule has 1 saturated heterocycles. The predicted octanol–water partition coefficient (Wildman–Crippen LogP) is 3.60. The number of hydrogen-bond acceptors (Lipinski definition) is 5. The molecule has 0 amide bonds. The molecule has 1 unspecified atom stereocenters. The molecule has 0 saturated carbocycles. The number of aromatic nitrogens is 1. The first kappa shape index (κ1) is 15.3. The van der Waals surface area contributed by atoms with Crippen LogP contribution in [0.2, 0.25) is 0 Å². The van der Waals surface area contributed by atoms with Crippen molar-refractivity contribution in [1.29, 1.82) is 5.26 Å². The van der Waals surface area contributed by atoms with Gasteiger partial charge < -0.3 is 14.6 Å². The van der Waals surface area contributed by atoms with E-state index in [4.69, 9.17) is 9.68 Å². The van der Waals surface area contributed by atoms with Crippen LogP contribution in [0.5, 0.6) is 0 Å². The largest absolute Gasteiger partial charge is 0.444 e. The molecule has 1 fully saturated rings.